The number of ether oxygens (including phenoxy) is 1. The van der Waals surface area contributed by atoms with Crippen molar-refractivity contribution in [3.63, 3.8) is 0 Å². The van der Waals surface area contributed by atoms with Crippen LogP contribution in [-0.2, 0) is 5.41 Å². The Morgan fingerprint density at radius 2 is 1.39 bits per heavy atom. The molecule has 3 aliphatic carbocycles. The Labute approximate surface area is 258 Å². The monoisotopic (exact) mass is 570 g/mol. The zero-order valence-electron chi connectivity index (χ0n) is 25.6. The van der Waals surface area contributed by atoms with Crippen molar-refractivity contribution in [2.24, 2.45) is 5.41 Å². The van der Waals surface area contributed by atoms with Gasteiger partial charge in [0.2, 0.25) is 0 Å². The summed E-state index contributed by atoms with van der Waals surface area (Å²) in [6, 6.07) is 30.2. The van der Waals surface area contributed by atoms with Crippen molar-refractivity contribution in [1.82, 2.24) is 9.97 Å². The summed E-state index contributed by atoms with van der Waals surface area (Å²) in [6.45, 7) is 9.49. The van der Waals surface area contributed by atoms with E-state index in [9.17, 15) is 0 Å². The molecule has 0 spiro atoms. The van der Waals surface area contributed by atoms with Crippen LogP contribution in [0.25, 0.3) is 38.5 Å². The second kappa shape index (κ2) is 8.66. The fraction of sp³-hybridized carbons (Fsp3) is 0.220. The molecule has 0 N–H and O–H groups in total. The van der Waals surface area contributed by atoms with Gasteiger partial charge in [0, 0.05) is 27.9 Å². The number of allylic oxidation sites excluding steroid dienone is 6. The molecular weight excluding hydrogens is 536 g/mol. The number of hydrogen-bond acceptors (Lipinski definition) is 3. The van der Waals surface area contributed by atoms with Gasteiger partial charge >= 0.3 is 0 Å². The number of hydrogen-bond donors (Lipinski definition) is 0. The first-order chi connectivity index (χ1) is 21.3. The average molecular weight is 571 g/mol. The van der Waals surface area contributed by atoms with Crippen molar-refractivity contribution in [2.45, 2.75) is 51.0 Å². The summed E-state index contributed by atoms with van der Waals surface area (Å²) >= 11 is 0. The van der Waals surface area contributed by atoms with Gasteiger partial charge in [-0.3, -0.25) is 0 Å². The number of nitrogens with zero attached hydrogens (tertiary/aromatic N) is 2. The number of para-hydroxylation sites is 3. The van der Waals surface area contributed by atoms with Gasteiger partial charge in [-0.25, -0.2) is 9.97 Å². The molecule has 44 heavy (non-hydrogen) atoms. The lowest BCUT2D eigenvalue weighted by atomic mass is 9.61. The van der Waals surface area contributed by atoms with E-state index in [1.165, 1.54) is 38.6 Å². The summed E-state index contributed by atoms with van der Waals surface area (Å²) in [5, 5.41) is 2.60. The topological polar surface area (TPSA) is 35.0 Å². The maximum Gasteiger partial charge on any atom is 0.144 e. The molecule has 5 aromatic rings. The Bertz CT molecular complexity index is 2200. The third kappa shape index (κ3) is 3.27. The molecule has 0 amide bonds. The highest BCUT2D eigenvalue weighted by Gasteiger charge is 2.54. The minimum absolute atomic E-state index is 0.0672. The average Bonchev–Trinajstić information content (AvgIpc) is 3.43. The third-order valence-electron chi connectivity index (χ3n) is 11.2. The van der Waals surface area contributed by atoms with E-state index in [0.717, 1.165) is 40.2 Å². The van der Waals surface area contributed by atoms with Crippen molar-refractivity contribution in [3.05, 3.63) is 143 Å². The largest absolute Gasteiger partial charge is 0.481 e. The number of fused-ring (bicyclic) bond motifs is 8. The molecule has 3 nitrogen and oxygen atoms in total. The zero-order chi connectivity index (χ0) is 29.8. The fourth-order valence-corrected chi connectivity index (χ4v) is 8.37. The van der Waals surface area contributed by atoms with Gasteiger partial charge < -0.3 is 4.74 Å². The van der Waals surface area contributed by atoms with Crippen molar-refractivity contribution in [2.75, 3.05) is 0 Å². The number of rotatable bonds is 2. The zero-order valence-corrected chi connectivity index (χ0v) is 25.6. The third-order valence-corrected chi connectivity index (χ3v) is 11.2. The van der Waals surface area contributed by atoms with Gasteiger partial charge in [0.25, 0.3) is 0 Å². The maximum atomic E-state index is 6.80. The molecule has 4 aromatic carbocycles. The molecule has 4 aliphatic rings. The van der Waals surface area contributed by atoms with Gasteiger partial charge in [0.05, 0.1) is 22.4 Å². The first kappa shape index (κ1) is 25.7. The minimum atomic E-state index is -0.576. The van der Waals surface area contributed by atoms with Gasteiger partial charge in [-0.05, 0) is 76.7 Å². The highest BCUT2D eigenvalue weighted by Crippen LogP contribution is 2.64. The fourth-order valence-electron chi connectivity index (χ4n) is 8.37. The second-order valence-electron chi connectivity index (χ2n) is 13.8. The van der Waals surface area contributed by atoms with Gasteiger partial charge in [-0.2, -0.15) is 0 Å². The van der Waals surface area contributed by atoms with E-state index < -0.39 is 5.60 Å². The lowest BCUT2D eigenvalue weighted by Gasteiger charge is -2.42. The molecule has 214 valence electrons. The predicted octanol–water partition coefficient (Wildman–Crippen LogP) is 9.84. The minimum Gasteiger partial charge on any atom is -0.481 e. The van der Waals surface area contributed by atoms with Gasteiger partial charge in [0.15, 0.2) is 0 Å². The van der Waals surface area contributed by atoms with Crippen LogP contribution >= 0.6 is 0 Å². The van der Waals surface area contributed by atoms with Gasteiger partial charge in [-0.1, -0.05) is 106 Å². The van der Waals surface area contributed by atoms with Crippen LogP contribution in [0.5, 0.6) is 5.75 Å². The second-order valence-corrected chi connectivity index (χ2v) is 13.8. The molecule has 3 atom stereocenters. The SMILES string of the molecule is CC12Oc3ccccc3C1C=CC=C2c1nc2ccccc2nc1C1=CC=C2c3cc4ccccc4cc3C(C)(C)C2(C)C1. The maximum absolute atomic E-state index is 6.80. The Kier molecular flexibility index (Phi) is 5.06. The van der Waals surface area contributed by atoms with Crippen LogP contribution in [0.3, 0.4) is 0 Å². The first-order valence-electron chi connectivity index (χ1n) is 15.7. The molecule has 0 saturated carbocycles. The van der Waals surface area contributed by atoms with E-state index in [2.05, 4.69) is 131 Å². The van der Waals surface area contributed by atoms with Crippen molar-refractivity contribution in [1.29, 1.82) is 0 Å². The van der Waals surface area contributed by atoms with E-state index in [-0.39, 0.29) is 16.7 Å². The standard InChI is InChI=1S/C41H34N2O/c1-39(2)33-23-26-13-6-5-12-25(26)22-29(33)30-21-20-27(24-40(30,39)3)37-38(43-35-18-9-8-17-34(35)42-37)32-16-11-15-31-28-14-7-10-19-36(28)44-41(31,32)4/h5-23,31H,24H2,1-4H3. The molecule has 0 fully saturated rings. The molecule has 3 unspecified atom stereocenters. The molecular formula is C41H34N2O. The smallest absolute Gasteiger partial charge is 0.144 e. The van der Waals surface area contributed by atoms with Crippen LogP contribution in [0.15, 0.2) is 115 Å². The van der Waals surface area contributed by atoms with Crippen LogP contribution in [0, 0.1) is 5.41 Å². The summed E-state index contributed by atoms with van der Waals surface area (Å²) in [5.41, 5.74) is 10.7. The summed E-state index contributed by atoms with van der Waals surface area (Å²) in [6.07, 6.45) is 12.2. The molecule has 0 radical (unpaired) electrons. The summed E-state index contributed by atoms with van der Waals surface area (Å²) in [7, 11) is 0. The molecule has 9 rings (SSSR count). The molecule has 1 aromatic heterocycles. The molecule has 1 aliphatic heterocycles. The lowest BCUT2D eigenvalue weighted by molar-refractivity contribution is 0.166. The Morgan fingerprint density at radius 3 is 2.18 bits per heavy atom. The Morgan fingerprint density at radius 1 is 0.705 bits per heavy atom. The van der Waals surface area contributed by atoms with Gasteiger partial charge in [-0.15, -0.1) is 0 Å². The highest BCUT2D eigenvalue weighted by atomic mass is 16.5. The lowest BCUT2D eigenvalue weighted by Crippen LogP contribution is -2.38. The van der Waals surface area contributed by atoms with E-state index in [1.807, 2.05) is 12.1 Å². The molecule has 0 bridgehead atoms. The van der Waals surface area contributed by atoms with Crippen LogP contribution in [-0.4, -0.2) is 15.6 Å². The van der Waals surface area contributed by atoms with E-state index >= 15 is 0 Å². The van der Waals surface area contributed by atoms with E-state index in [4.69, 9.17) is 14.7 Å². The quantitative estimate of drug-likeness (QED) is 0.212. The van der Waals surface area contributed by atoms with Crippen LogP contribution in [0.4, 0.5) is 0 Å². The van der Waals surface area contributed by atoms with Crippen molar-refractivity contribution >= 4 is 38.5 Å². The van der Waals surface area contributed by atoms with Crippen molar-refractivity contribution < 1.29 is 4.74 Å². The Balaban J connectivity index is 1.23. The predicted molar refractivity (Wildman–Crippen MR) is 181 cm³/mol. The van der Waals surface area contributed by atoms with Crippen LogP contribution in [0.1, 0.15) is 68.1 Å². The van der Waals surface area contributed by atoms with Crippen LogP contribution in [0.2, 0.25) is 0 Å². The molecule has 0 saturated heterocycles. The highest BCUT2D eigenvalue weighted by molar-refractivity contribution is 5.96. The Hall–Kier alpha value is -4.76. The van der Waals surface area contributed by atoms with Gasteiger partial charge in [0.1, 0.15) is 11.4 Å². The van der Waals surface area contributed by atoms with Crippen LogP contribution < -0.4 is 4.74 Å². The van der Waals surface area contributed by atoms with Crippen molar-refractivity contribution in [3.8, 4) is 5.75 Å². The molecule has 3 heteroatoms. The first-order valence-corrected chi connectivity index (χ1v) is 15.7. The summed E-state index contributed by atoms with van der Waals surface area (Å²) in [5.74, 6) is 1.06. The van der Waals surface area contributed by atoms with E-state index in [1.54, 1.807) is 0 Å². The number of aromatic nitrogens is 2. The van der Waals surface area contributed by atoms with E-state index in [0.29, 0.717) is 0 Å². The molecule has 2 heterocycles. The number of benzene rings is 4. The normalized spacial score (nSPS) is 25.8. The summed E-state index contributed by atoms with van der Waals surface area (Å²) < 4.78 is 6.80. The summed E-state index contributed by atoms with van der Waals surface area (Å²) in [4.78, 5) is 10.7.